The Hall–Kier alpha value is -2.53. The first kappa shape index (κ1) is 16.8. The molecule has 122 valence electrons. The molecular formula is C18H23N3O2. The molecule has 0 aliphatic heterocycles. The molecular weight excluding hydrogens is 290 g/mol. The van der Waals surface area contributed by atoms with Crippen molar-refractivity contribution in [2.45, 2.75) is 32.7 Å². The summed E-state index contributed by atoms with van der Waals surface area (Å²) in [7, 11) is 0. The molecule has 2 rings (SSSR count). The van der Waals surface area contributed by atoms with Crippen LogP contribution in [0.5, 0.6) is 11.5 Å². The number of primary amides is 1. The first-order valence-corrected chi connectivity index (χ1v) is 7.73. The smallest absolute Gasteiger partial charge is 0.326 e. The van der Waals surface area contributed by atoms with Crippen LogP contribution in [0.25, 0.3) is 0 Å². The number of hydrogen-bond donors (Lipinski definition) is 3. The number of carbonyl (C=O) groups excluding carboxylic acids is 1. The van der Waals surface area contributed by atoms with Gasteiger partial charge in [0.05, 0.1) is 0 Å². The highest BCUT2D eigenvalue weighted by molar-refractivity contribution is 5.70. The molecule has 2 amide bonds. The first-order chi connectivity index (χ1) is 11.1. The number of hydrazine groups is 1. The Labute approximate surface area is 136 Å². The second-order valence-electron chi connectivity index (χ2n) is 5.47. The number of rotatable bonds is 7. The highest BCUT2D eigenvalue weighted by Gasteiger charge is 2.03. The van der Waals surface area contributed by atoms with Gasteiger partial charge in [0.2, 0.25) is 0 Å². The lowest BCUT2D eigenvalue weighted by Crippen LogP contribution is -2.40. The van der Waals surface area contributed by atoms with Crippen LogP contribution in [0.3, 0.4) is 0 Å². The van der Waals surface area contributed by atoms with Crippen LogP contribution in [0.1, 0.15) is 37.3 Å². The minimum atomic E-state index is -0.606. The molecule has 0 aromatic heterocycles. The summed E-state index contributed by atoms with van der Waals surface area (Å²) in [6, 6.07) is 15.2. The average molecular weight is 313 g/mol. The van der Waals surface area contributed by atoms with Crippen LogP contribution < -0.4 is 21.3 Å². The second-order valence-corrected chi connectivity index (χ2v) is 5.47. The Morgan fingerprint density at radius 2 is 1.65 bits per heavy atom. The molecule has 0 heterocycles. The Bertz CT molecular complexity index is 624. The van der Waals surface area contributed by atoms with E-state index < -0.39 is 6.03 Å². The molecule has 0 aliphatic carbocycles. The van der Waals surface area contributed by atoms with Crippen LogP contribution in [0.15, 0.2) is 48.5 Å². The number of ether oxygens (including phenoxy) is 1. The SMILES string of the molecule is CCC(C)c1ccc(Oc2ccc(CNNC(N)=O)cc2)cc1. The fourth-order valence-electron chi connectivity index (χ4n) is 2.14. The maximum atomic E-state index is 10.6. The third-order valence-electron chi connectivity index (χ3n) is 3.72. The molecule has 1 atom stereocenters. The summed E-state index contributed by atoms with van der Waals surface area (Å²) in [5, 5.41) is 0. The number of urea groups is 1. The van der Waals surface area contributed by atoms with E-state index >= 15 is 0 Å². The molecule has 5 nitrogen and oxygen atoms in total. The topological polar surface area (TPSA) is 76.4 Å². The summed E-state index contributed by atoms with van der Waals surface area (Å²) in [5.74, 6) is 2.15. The molecule has 0 saturated heterocycles. The van der Waals surface area contributed by atoms with E-state index in [1.54, 1.807) is 0 Å². The van der Waals surface area contributed by atoms with E-state index in [-0.39, 0.29) is 0 Å². The predicted octanol–water partition coefficient (Wildman–Crippen LogP) is 3.67. The van der Waals surface area contributed by atoms with Gasteiger partial charge < -0.3 is 10.5 Å². The molecule has 5 heteroatoms. The van der Waals surface area contributed by atoms with Crippen molar-refractivity contribution in [3.05, 3.63) is 59.7 Å². The van der Waals surface area contributed by atoms with Gasteiger partial charge in [0.25, 0.3) is 0 Å². The Morgan fingerprint density at radius 1 is 1.09 bits per heavy atom. The number of carbonyl (C=O) groups is 1. The number of nitrogens with two attached hydrogens (primary N) is 1. The van der Waals surface area contributed by atoms with Crippen molar-refractivity contribution in [3.8, 4) is 11.5 Å². The number of nitrogens with one attached hydrogen (secondary N) is 2. The first-order valence-electron chi connectivity index (χ1n) is 7.73. The standard InChI is InChI=1S/C18H23N3O2/c1-3-13(2)15-6-10-17(11-7-15)23-16-8-4-14(5-9-16)12-20-21-18(19)22/h4-11,13,20H,3,12H2,1-2H3,(H3,19,21,22). The molecule has 0 fully saturated rings. The van der Waals surface area contributed by atoms with Crippen molar-refractivity contribution in [1.29, 1.82) is 0 Å². The third kappa shape index (κ3) is 5.30. The van der Waals surface area contributed by atoms with Crippen LogP contribution in [0.4, 0.5) is 4.79 Å². The lowest BCUT2D eigenvalue weighted by atomic mass is 9.99. The minimum Gasteiger partial charge on any atom is -0.457 e. The van der Waals surface area contributed by atoms with E-state index in [0.717, 1.165) is 23.5 Å². The van der Waals surface area contributed by atoms with Gasteiger partial charge in [-0.2, -0.15) is 0 Å². The summed E-state index contributed by atoms with van der Waals surface area (Å²) in [6.45, 7) is 4.90. The normalized spacial score (nSPS) is 11.7. The summed E-state index contributed by atoms with van der Waals surface area (Å²) >= 11 is 0. The van der Waals surface area contributed by atoms with Gasteiger partial charge in [-0.3, -0.25) is 5.43 Å². The van der Waals surface area contributed by atoms with Crippen molar-refractivity contribution in [2.24, 2.45) is 5.73 Å². The monoisotopic (exact) mass is 313 g/mol. The van der Waals surface area contributed by atoms with Crippen molar-refractivity contribution in [2.75, 3.05) is 0 Å². The van der Waals surface area contributed by atoms with Crippen LogP contribution in [-0.2, 0) is 6.54 Å². The third-order valence-corrected chi connectivity index (χ3v) is 3.72. The van der Waals surface area contributed by atoms with E-state index in [1.165, 1.54) is 5.56 Å². The van der Waals surface area contributed by atoms with Gasteiger partial charge in [0.15, 0.2) is 0 Å². The van der Waals surface area contributed by atoms with Crippen LogP contribution in [0, 0.1) is 0 Å². The fourth-order valence-corrected chi connectivity index (χ4v) is 2.14. The number of hydrogen-bond acceptors (Lipinski definition) is 3. The number of benzene rings is 2. The molecule has 0 radical (unpaired) electrons. The summed E-state index contributed by atoms with van der Waals surface area (Å²) in [6.07, 6.45) is 1.13. The van der Waals surface area contributed by atoms with Crippen molar-refractivity contribution in [3.63, 3.8) is 0 Å². The molecule has 0 spiro atoms. The Balaban J connectivity index is 1.91. The van der Waals surface area contributed by atoms with Crippen LogP contribution in [0.2, 0.25) is 0 Å². The highest BCUT2D eigenvalue weighted by atomic mass is 16.5. The van der Waals surface area contributed by atoms with E-state index in [2.05, 4.69) is 36.8 Å². The Kier molecular flexibility index (Phi) is 6.00. The zero-order chi connectivity index (χ0) is 16.7. The fraction of sp³-hybridized carbons (Fsp3) is 0.278. The van der Waals surface area contributed by atoms with Gasteiger partial charge in [-0.05, 0) is 47.7 Å². The maximum absolute atomic E-state index is 10.6. The van der Waals surface area contributed by atoms with Crippen molar-refractivity contribution < 1.29 is 9.53 Å². The van der Waals surface area contributed by atoms with Gasteiger partial charge in [0, 0.05) is 6.54 Å². The van der Waals surface area contributed by atoms with E-state index in [1.807, 2.05) is 36.4 Å². The van der Waals surface area contributed by atoms with E-state index in [4.69, 9.17) is 10.5 Å². The summed E-state index contributed by atoms with van der Waals surface area (Å²) < 4.78 is 5.83. The van der Waals surface area contributed by atoms with Crippen molar-refractivity contribution in [1.82, 2.24) is 10.9 Å². The number of amides is 2. The van der Waals surface area contributed by atoms with E-state index in [0.29, 0.717) is 12.5 Å². The lowest BCUT2D eigenvalue weighted by molar-refractivity contribution is 0.244. The lowest BCUT2D eigenvalue weighted by Gasteiger charge is -2.11. The Morgan fingerprint density at radius 3 is 2.17 bits per heavy atom. The van der Waals surface area contributed by atoms with E-state index in [9.17, 15) is 4.79 Å². The van der Waals surface area contributed by atoms with Crippen LogP contribution >= 0.6 is 0 Å². The van der Waals surface area contributed by atoms with Crippen LogP contribution in [-0.4, -0.2) is 6.03 Å². The van der Waals surface area contributed by atoms with Gasteiger partial charge in [0.1, 0.15) is 11.5 Å². The minimum absolute atomic E-state index is 0.493. The second kappa shape index (κ2) is 8.19. The molecule has 2 aromatic rings. The molecule has 0 saturated carbocycles. The van der Waals surface area contributed by atoms with Crippen molar-refractivity contribution >= 4 is 6.03 Å². The molecule has 0 aliphatic rings. The maximum Gasteiger partial charge on any atom is 0.326 e. The molecule has 4 N–H and O–H groups in total. The van der Waals surface area contributed by atoms with Gasteiger partial charge in [-0.1, -0.05) is 38.1 Å². The summed E-state index contributed by atoms with van der Waals surface area (Å²) in [4.78, 5) is 10.6. The summed E-state index contributed by atoms with van der Waals surface area (Å²) in [5.41, 5.74) is 12.4. The zero-order valence-corrected chi connectivity index (χ0v) is 13.5. The molecule has 0 bridgehead atoms. The molecule has 23 heavy (non-hydrogen) atoms. The van der Waals surface area contributed by atoms with Gasteiger partial charge in [-0.25, -0.2) is 10.2 Å². The zero-order valence-electron chi connectivity index (χ0n) is 13.5. The average Bonchev–Trinajstić information content (AvgIpc) is 2.56. The largest absolute Gasteiger partial charge is 0.457 e. The van der Waals surface area contributed by atoms with Gasteiger partial charge in [-0.15, -0.1) is 0 Å². The highest BCUT2D eigenvalue weighted by Crippen LogP contribution is 2.25. The predicted molar refractivity (Wildman–Crippen MR) is 91.2 cm³/mol. The van der Waals surface area contributed by atoms with Gasteiger partial charge >= 0.3 is 6.03 Å². The molecule has 1 unspecified atom stereocenters. The quantitative estimate of drug-likeness (QED) is 0.683. The molecule has 2 aromatic carbocycles.